The van der Waals surface area contributed by atoms with E-state index < -0.39 is 0 Å². The first-order valence-corrected chi connectivity index (χ1v) is 7.93. The number of hydrogen-bond donors (Lipinski definition) is 2. The first kappa shape index (κ1) is 16.5. The molecule has 6 nitrogen and oxygen atoms in total. The van der Waals surface area contributed by atoms with E-state index in [1.165, 1.54) is 24.2 Å². The van der Waals surface area contributed by atoms with E-state index in [0.717, 1.165) is 24.5 Å². The zero-order valence-electron chi connectivity index (χ0n) is 13.5. The Morgan fingerprint density at radius 2 is 2.18 bits per heavy atom. The van der Waals surface area contributed by atoms with Gasteiger partial charge in [0.1, 0.15) is 5.82 Å². The molecule has 1 unspecified atom stereocenters. The Hall–Kier alpha value is -1.82. The fourth-order valence-corrected chi connectivity index (χ4v) is 2.49. The van der Waals surface area contributed by atoms with Gasteiger partial charge >= 0.3 is 6.03 Å². The lowest BCUT2D eigenvalue weighted by Crippen LogP contribution is -2.43. The van der Waals surface area contributed by atoms with E-state index in [1.807, 2.05) is 12.1 Å². The number of nitrogens with one attached hydrogen (secondary N) is 1. The second-order valence-corrected chi connectivity index (χ2v) is 5.87. The molecule has 0 radical (unpaired) electrons. The summed E-state index contributed by atoms with van der Waals surface area (Å²) in [6.07, 6.45) is 5.52. The second-order valence-electron chi connectivity index (χ2n) is 5.87. The van der Waals surface area contributed by atoms with Crippen LogP contribution in [0.5, 0.6) is 0 Å². The number of piperidine rings is 1. The molecular weight excluding hydrogens is 280 g/mol. The third kappa shape index (κ3) is 4.34. The minimum Gasteiger partial charge on any atom is -0.394 e. The molecule has 1 aliphatic heterocycles. The summed E-state index contributed by atoms with van der Waals surface area (Å²) in [5.41, 5.74) is 1.04. The fraction of sp³-hybridized carbons (Fsp3) is 0.625. The molecule has 1 fully saturated rings. The summed E-state index contributed by atoms with van der Waals surface area (Å²) in [4.78, 5) is 20.2. The Bertz CT molecular complexity index is 489. The Morgan fingerprint density at radius 3 is 2.86 bits per heavy atom. The highest BCUT2D eigenvalue weighted by atomic mass is 16.3. The number of hydrogen-bond acceptors (Lipinski definition) is 4. The van der Waals surface area contributed by atoms with Crippen LogP contribution < -0.4 is 10.2 Å². The highest BCUT2D eigenvalue weighted by molar-refractivity contribution is 5.74. The molecule has 0 aromatic carbocycles. The molecule has 0 spiro atoms. The van der Waals surface area contributed by atoms with Crippen LogP contribution in [-0.4, -0.2) is 53.8 Å². The van der Waals surface area contributed by atoms with Crippen molar-refractivity contribution in [2.24, 2.45) is 0 Å². The number of aromatic nitrogens is 1. The topological polar surface area (TPSA) is 68.7 Å². The van der Waals surface area contributed by atoms with Crippen LogP contribution in [0.15, 0.2) is 18.3 Å². The number of aliphatic hydroxyl groups is 1. The zero-order chi connectivity index (χ0) is 15.9. The Labute approximate surface area is 132 Å². The number of pyridine rings is 1. The molecule has 122 valence electrons. The molecule has 2 rings (SSSR count). The standard InChI is InChI=1S/C16H26N4O2/c1-13(12-21)19(2)16(22)18-11-14-6-7-17-15(10-14)20-8-4-3-5-9-20/h6-7,10,13,21H,3-5,8-9,11-12H2,1-2H3,(H,18,22). The summed E-state index contributed by atoms with van der Waals surface area (Å²) >= 11 is 0. The van der Waals surface area contributed by atoms with E-state index in [-0.39, 0.29) is 18.7 Å². The monoisotopic (exact) mass is 306 g/mol. The van der Waals surface area contributed by atoms with Gasteiger partial charge < -0.3 is 20.2 Å². The van der Waals surface area contributed by atoms with Crippen molar-refractivity contribution in [3.05, 3.63) is 23.9 Å². The molecule has 6 heteroatoms. The maximum atomic E-state index is 12.0. The summed E-state index contributed by atoms with van der Waals surface area (Å²) in [5, 5.41) is 12.0. The minimum atomic E-state index is -0.193. The number of nitrogens with zero attached hydrogens (tertiary/aromatic N) is 3. The van der Waals surface area contributed by atoms with Crippen molar-refractivity contribution in [3.8, 4) is 0 Å². The molecular formula is C16H26N4O2. The second kappa shape index (κ2) is 7.98. The molecule has 1 saturated heterocycles. The lowest BCUT2D eigenvalue weighted by molar-refractivity contribution is 0.157. The quantitative estimate of drug-likeness (QED) is 0.867. The van der Waals surface area contributed by atoms with E-state index in [9.17, 15) is 4.79 Å². The molecule has 0 saturated carbocycles. The zero-order valence-corrected chi connectivity index (χ0v) is 13.5. The Morgan fingerprint density at radius 1 is 1.45 bits per heavy atom. The lowest BCUT2D eigenvalue weighted by Gasteiger charge is -2.28. The summed E-state index contributed by atoms with van der Waals surface area (Å²) in [7, 11) is 1.68. The highest BCUT2D eigenvalue weighted by Gasteiger charge is 2.15. The highest BCUT2D eigenvalue weighted by Crippen LogP contribution is 2.18. The molecule has 1 atom stereocenters. The van der Waals surface area contributed by atoms with Gasteiger partial charge in [-0.2, -0.15) is 0 Å². The summed E-state index contributed by atoms with van der Waals surface area (Å²) in [6.45, 7) is 4.34. The van der Waals surface area contributed by atoms with E-state index in [4.69, 9.17) is 5.11 Å². The van der Waals surface area contributed by atoms with Crippen molar-refractivity contribution in [2.45, 2.75) is 38.8 Å². The summed E-state index contributed by atoms with van der Waals surface area (Å²) < 4.78 is 0. The normalized spacial score (nSPS) is 16.2. The van der Waals surface area contributed by atoms with E-state index >= 15 is 0 Å². The largest absolute Gasteiger partial charge is 0.394 e. The average Bonchev–Trinajstić information content (AvgIpc) is 2.59. The number of rotatable bonds is 5. The van der Waals surface area contributed by atoms with Crippen LogP contribution in [0.2, 0.25) is 0 Å². The molecule has 2 amide bonds. The summed E-state index contributed by atoms with van der Waals surface area (Å²) in [6, 6.07) is 3.59. The van der Waals surface area contributed by atoms with Gasteiger partial charge in [0.25, 0.3) is 0 Å². The molecule has 1 aliphatic rings. The number of urea groups is 1. The number of amides is 2. The van der Waals surface area contributed by atoms with Gasteiger partial charge in [-0.05, 0) is 43.9 Å². The van der Waals surface area contributed by atoms with Gasteiger partial charge in [0.2, 0.25) is 0 Å². The molecule has 1 aromatic heterocycles. The van der Waals surface area contributed by atoms with Gasteiger partial charge in [-0.15, -0.1) is 0 Å². The van der Waals surface area contributed by atoms with E-state index in [1.54, 1.807) is 20.2 Å². The van der Waals surface area contributed by atoms with Crippen LogP contribution in [0.25, 0.3) is 0 Å². The van der Waals surface area contributed by atoms with Crippen molar-refractivity contribution in [1.82, 2.24) is 15.2 Å². The molecule has 22 heavy (non-hydrogen) atoms. The molecule has 0 bridgehead atoms. The van der Waals surface area contributed by atoms with Crippen molar-refractivity contribution in [2.75, 3.05) is 31.6 Å². The predicted octanol–water partition coefficient (Wildman–Crippen LogP) is 1.59. The lowest BCUT2D eigenvalue weighted by atomic mass is 10.1. The number of anilines is 1. The molecule has 2 N–H and O–H groups in total. The number of likely N-dealkylation sites (N-methyl/N-ethyl adjacent to an activating group) is 1. The van der Waals surface area contributed by atoms with Gasteiger partial charge in [-0.25, -0.2) is 9.78 Å². The maximum absolute atomic E-state index is 12.0. The van der Waals surface area contributed by atoms with Crippen molar-refractivity contribution in [1.29, 1.82) is 0 Å². The van der Waals surface area contributed by atoms with Crippen molar-refractivity contribution < 1.29 is 9.90 Å². The third-order valence-corrected chi connectivity index (χ3v) is 4.18. The van der Waals surface area contributed by atoms with Gasteiger partial charge in [-0.1, -0.05) is 0 Å². The Balaban J connectivity index is 1.91. The van der Waals surface area contributed by atoms with Crippen LogP contribution in [0.4, 0.5) is 10.6 Å². The summed E-state index contributed by atoms with van der Waals surface area (Å²) in [5.74, 6) is 0.989. The number of aliphatic hydroxyl groups excluding tert-OH is 1. The maximum Gasteiger partial charge on any atom is 0.317 e. The average molecular weight is 306 g/mol. The van der Waals surface area contributed by atoms with Crippen LogP contribution in [0.1, 0.15) is 31.7 Å². The van der Waals surface area contributed by atoms with Crippen LogP contribution in [0.3, 0.4) is 0 Å². The van der Waals surface area contributed by atoms with E-state index in [2.05, 4.69) is 15.2 Å². The van der Waals surface area contributed by atoms with Crippen molar-refractivity contribution in [3.63, 3.8) is 0 Å². The van der Waals surface area contributed by atoms with Gasteiger partial charge in [0.15, 0.2) is 0 Å². The van der Waals surface area contributed by atoms with Crippen LogP contribution in [-0.2, 0) is 6.54 Å². The van der Waals surface area contributed by atoms with Gasteiger partial charge in [0.05, 0.1) is 12.6 Å². The van der Waals surface area contributed by atoms with Crippen LogP contribution >= 0.6 is 0 Å². The molecule has 0 aliphatic carbocycles. The molecule has 1 aromatic rings. The van der Waals surface area contributed by atoms with Crippen LogP contribution in [0, 0.1) is 0 Å². The SMILES string of the molecule is CC(CO)N(C)C(=O)NCc1ccnc(N2CCCCC2)c1. The Kier molecular flexibility index (Phi) is 6.00. The van der Waals surface area contributed by atoms with E-state index in [0.29, 0.717) is 6.54 Å². The van der Waals surface area contributed by atoms with Gasteiger partial charge in [0, 0.05) is 32.9 Å². The first-order chi connectivity index (χ1) is 10.6. The van der Waals surface area contributed by atoms with Gasteiger partial charge in [-0.3, -0.25) is 0 Å². The predicted molar refractivity (Wildman–Crippen MR) is 86.8 cm³/mol. The number of carbonyl (C=O) groups is 1. The number of carbonyl (C=O) groups excluding carboxylic acids is 1. The third-order valence-electron chi connectivity index (χ3n) is 4.18. The fourth-order valence-electron chi connectivity index (χ4n) is 2.49. The first-order valence-electron chi connectivity index (χ1n) is 7.93. The van der Waals surface area contributed by atoms with Crippen molar-refractivity contribution >= 4 is 11.8 Å². The minimum absolute atomic E-state index is 0.0434. The smallest absolute Gasteiger partial charge is 0.317 e. The molecule has 2 heterocycles.